The molecule has 31 heavy (non-hydrogen) atoms. The molecule has 0 saturated heterocycles. The van der Waals surface area contributed by atoms with Crippen LogP contribution in [-0.2, 0) is 0 Å². The molecule has 0 aromatic heterocycles. The first-order chi connectivity index (χ1) is 14.4. The molecular formula is C28H50Br2Si. The summed E-state index contributed by atoms with van der Waals surface area (Å²) in [5, 5.41) is 0. The van der Waals surface area contributed by atoms with Crippen LogP contribution in [0.1, 0.15) is 80.1 Å². The lowest BCUT2D eigenvalue weighted by atomic mass is 9.71. The van der Waals surface area contributed by atoms with Crippen LogP contribution in [0.4, 0.5) is 0 Å². The van der Waals surface area contributed by atoms with Gasteiger partial charge in [-0.15, -0.1) is 0 Å². The summed E-state index contributed by atoms with van der Waals surface area (Å²) in [5.74, 6) is 9.34. The van der Waals surface area contributed by atoms with Crippen LogP contribution >= 0.6 is 31.9 Å². The third kappa shape index (κ3) is 4.46. The van der Waals surface area contributed by atoms with Gasteiger partial charge in [-0.05, 0) is 109 Å². The molecule has 0 N–H and O–H groups in total. The fourth-order valence-corrected chi connectivity index (χ4v) is 18.9. The molecular weight excluding hydrogens is 524 g/mol. The van der Waals surface area contributed by atoms with Crippen molar-refractivity contribution in [1.82, 2.24) is 0 Å². The minimum absolute atomic E-state index is 0.775. The van der Waals surface area contributed by atoms with Crippen molar-refractivity contribution in [2.24, 2.45) is 59.2 Å². The molecule has 4 aliphatic rings. The first-order valence-corrected chi connectivity index (χ1v) is 18.7. The van der Waals surface area contributed by atoms with Crippen LogP contribution in [0, 0.1) is 59.2 Å². The zero-order valence-corrected chi connectivity index (χ0v) is 25.8. The Morgan fingerprint density at radius 2 is 0.935 bits per heavy atom. The second kappa shape index (κ2) is 9.33. The van der Waals surface area contributed by atoms with Gasteiger partial charge in [-0.1, -0.05) is 86.5 Å². The van der Waals surface area contributed by atoms with Crippen LogP contribution in [0.2, 0.25) is 24.2 Å². The van der Waals surface area contributed by atoms with Gasteiger partial charge >= 0.3 is 0 Å². The smallest absolute Gasteiger partial charge is 0.0546 e. The summed E-state index contributed by atoms with van der Waals surface area (Å²) >= 11 is 8.43. The molecule has 0 aromatic carbocycles. The maximum absolute atomic E-state index is 4.22. The summed E-state index contributed by atoms with van der Waals surface area (Å²) in [4.78, 5) is 1.55. The van der Waals surface area contributed by atoms with Crippen molar-refractivity contribution in [2.45, 2.75) is 114 Å². The molecule has 0 aromatic rings. The fraction of sp³-hybridized carbons (Fsp3) is 1.00. The predicted octanol–water partition coefficient (Wildman–Crippen LogP) is 9.64. The Kier molecular flexibility index (Phi) is 7.60. The number of halogens is 2. The van der Waals surface area contributed by atoms with Crippen LogP contribution in [0.25, 0.3) is 0 Å². The van der Waals surface area contributed by atoms with E-state index in [4.69, 9.17) is 0 Å². The van der Waals surface area contributed by atoms with E-state index in [1.807, 2.05) is 0 Å². The van der Waals surface area contributed by atoms with Crippen molar-refractivity contribution in [3.8, 4) is 0 Å². The SMILES string of the molecule is CC(C)C1CC2C(C[C@H](C)[C@@H]2[Si](C)(C)[C@@H]2C3C[C@H](C(C)C)C[C@@H](Br)C3C[C@@H]2C)[C@H](Br)C1. The van der Waals surface area contributed by atoms with Crippen molar-refractivity contribution in [1.29, 1.82) is 0 Å². The standard InChI is InChI=1S/C28H50Br2Si/c1-15(2)19-11-23-21(25(29)13-19)9-17(5)27(23)31(7,8)28-18(6)10-22-24(28)12-20(16(3)4)14-26(22)30/h15-28H,9-14H2,1-8H3/t17-,18-,19-,20?,21?,22?,23?,24?,25+,26+,27-,28-/m0/s1. The highest BCUT2D eigenvalue weighted by Gasteiger charge is 2.60. The average Bonchev–Trinajstić information content (AvgIpc) is 3.18. The van der Waals surface area contributed by atoms with E-state index >= 15 is 0 Å². The molecule has 5 unspecified atom stereocenters. The van der Waals surface area contributed by atoms with Crippen LogP contribution < -0.4 is 0 Å². The van der Waals surface area contributed by atoms with Crippen LogP contribution in [0.5, 0.6) is 0 Å². The molecule has 0 bridgehead atoms. The van der Waals surface area contributed by atoms with Crippen molar-refractivity contribution in [3.05, 3.63) is 0 Å². The second-order valence-corrected chi connectivity index (χ2v) is 21.3. The molecule has 4 fully saturated rings. The van der Waals surface area contributed by atoms with Gasteiger partial charge in [0.05, 0.1) is 8.07 Å². The van der Waals surface area contributed by atoms with Gasteiger partial charge in [0.15, 0.2) is 0 Å². The van der Waals surface area contributed by atoms with Crippen LogP contribution in [-0.4, -0.2) is 17.7 Å². The van der Waals surface area contributed by atoms with Crippen LogP contribution in [0.15, 0.2) is 0 Å². The Labute approximate surface area is 212 Å². The Bertz CT molecular complexity index is 579. The van der Waals surface area contributed by atoms with E-state index in [2.05, 4.69) is 86.5 Å². The third-order valence-corrected chi connectivity index (χ3v) is 18.8. The first kappa shape index (κ1) is 25.3. The Morgan fingerprint density at radius 1 is 0.581 bits per heavy atom. The highest BCUT2D eigenvalue weighted by Crippen LogP contribution is 2.66. The Balaban J connectivity index is 1.63. The van der Waals surface area contributed by atoms with Gasteiger partial charge in [-0.3, -0.25) is 0 Å². The number of hydrogen-bond acceptors (Lipinski definition) is 0. The zero-order valence-electron chi connectivity index (χ0n) is 21.6. The Morgan fingerprint density at radius 3 is 1.26 bits per heavy atom. The summed E-state index contributed by atoms with van der Waals surface area (Å²) in [7, 11) is -1.41. The topological polar surface area (TPSA) is 0 Å². The minimum Gasteiger partial charge on any atom is -0.0887 e. The van der Waals surface area contributed by atoms with Gasteiger partial charge in [-0.2, -0.15) is 0 Å². The second-order valence-electron chi connectivity index (χ2n) is 13.9. The number of alkyl halides is 2. The fourth-order valence-electron chi connectivity index (χ4n) is 10.1. The molecule has 0 spiro atoms. The van der Waals surface area contributed by atoms with Crippen molar-refractivity contribution < 1.29 is 0 Å². The summed E-state index contributed by atoms with van der Waals surface area (Å²) in [6.45, 7) is 21.0. The maximum Gasteiger partial charge on any atom is 0.0546 e. The zero-order chi connectivity index (χ0) is 22.8. The molecule has 12 atom stereocenters. The third-order valence-electron chi connectivity index (χ3n) is 11.3. The Hall–Kier alpha value is 1.18. The number of hydrogen-bond donors (Lipinski definition) is 0. The molecule has 0 radical (unpaired) electrons. The monoisotopic (exact) mass is 572 g/mol. The molecule has 0 heterocycles. The molecule has 4 saturated carbocycles. The largest absolute Gasteiger partial charge is 0.0887 e. The summed E-state index contributed by atoms with van der Waals surface area (Å²) in [6, 6.07) is 0. The average molecular weight is 575 g/mol. The molecule has 3 heteroatoms. The highest BCUT2D eigenvalue weighted by atomic mass is 79.9. The van der Waals surface area contributed by atoms with Crippen molar-refractivity contribution in [2.75, 3.05) is 0 Å². The van der Waals surface area contributed by atoms with Crippen molar-refractivity contribution >= 4 is 39.9 Å². The number of rotatable bonds is 4. The van der Waals surface area contributed by atoms with Gasteiger partial charge < -0.3 is 0 Å². The van der Waals surface area contributed by atoms with Gasteiger partial charge in [0.1, 0.15) is 0 Å². The van der Waals surface area contributed by atoms with Gasteiger partial charge in [0.2, 0.25) is 0 Å². The molecule has 4 aliphatic carbocycles. The molecule has 180 valence electrons. The van der Waals surface area contributed by atoms with E-state index in [0.29, 0.717) is 0 Å². The summed E-state index contributed by atoms with van der Waals surface area (Å²) in [6.07, 6.45) is 8.90. The quantitative estimate of drug-likeness (QED) is 0.232. The van der Waals surface area contributed by atoms with E-state index in [1.165, 1.54) is 38.5 Å². The first-order valence-electron chi connectivity index (χ1n) is 13.7. The molecule has 0 amide bonds. The van der Waals surface area contributed by atoms with Crippen LogP contribution in [0.3, 0.4) is 0 Å². The maximum atomic E-state index is 4.22. The lowest BCUT2D eigenvalue weighted by Crippen LogP contribution is -2.48. The van der Waals surface area contributed by atoms with E-state index in [9.17, 15) is 0 Å². The molecule has 0 nitrogen and oxygen atoms in total. The van der Waals surface area contributed by atoms with E-state index in [-0.39, 0.29) is 0 Å². The van der Waals surface area contributed by atoms with E-state index < -0.39 is 8.07 Å². The lowest BCUT2D eigenvalue weighted by molar-refractivity contribution is 0.171. The highest BCUT2D eigenvalue weighted by molar-refractivity contribution is 9.09. The lowest BCUT2D eigenvalue weighted by Gasteiger charge is -2.50. The van der Waals surface area contributed by atoms with E-state index in [1.54, 1.807) is 0 Å². The van der Waals surface area contributed by atoms with E-state index in [0.717, 1.165) is 79.9 Å². The predicted molar refractivity (Wildman–Crippen MR) is 147 cm³/mol. The summed E-state index contributed by atoms with van der Waals surface area (Å²) in [5.41, 5.74) is 2.08. The van der Waals surface area contributed by atoms with Crippen molar-refractivity contribution in [3.63, 3.8) is 0 Å². The number of fused-ring (bicyclic) bond motifs is 2. The van der Waals surface area contributed by atoms with Gasteiger partial charge in [0, 0.05) is 9.65 Å². The van der Waals surface area contributed by atoms with Gasteiger partial charge in [0.25, 0.3) is 0 Å². The van der Waals surface area contributed by atoms with Gasteiger partial charge in [-0.25, -0.2) is 0 Å². The normalized spacial score (nSPS) is 50.7. The molecule has 0 aliphatic heterocycles. The summed E-state index contributed by atoms with van der Waals surface area (Å²) < 4.78 is 0. The molecule has 4 rings (SSSR count). The minimum atomic E-state index is -1.41.